The quantitative estimate of drug-likeness (QED) is 0.754. The Balaban J connectivity index is 2.74. The van der Waals surface area contributed by atoms with Gasteiger partial charge >= 0.3 is 0 Å². The summed E-state index contributed by atoms with van der Waals surface area (Å²) in [4.78, 5) is 14.2. The van der Waals surface area contributed by atoms with Crippen molar-refractivity contribution in [3.8, 4) is 0 Å². The maximum absolute atomic E-state index is 12.1. The molecule has 0 radical (unpaired) electrons. The zero-order chi connectivity index (χ0) is 12.1. The van der Waals surface area contributed by atoms with E-state index in [0.29, 0.717) is 11.9 Å². The van der Waals surface area contributed by atoms with Crippen molar-refractivity contribution in [2.45, 2.75) is 78.0 Å². The van der Waals surface area contributed by atoms with Gasteiger partial charge in [0.2, 0.25) is 5.91 Å². The van der Waals surface area contributed by atoms with Gasteiger partial charge in [-0.05, 0) is 26.2 Å². The molecule has 3 nitrogen and oxygen atoms in total. The zero-order valence-corrected chi connectivity index (χ0v) is 11.1. The van der Waals surface area contributed by atoms with Gasteiger partial charge in [-0.2, -0.15) is 0 Å². The largest absolute Gasteiger partial charge is 0.323 e. The third kappa shape index (κ3) is 2.76. The van der Waals surface area contributed by atoms with E-state index in [-0.39, 0.29) is 12.2 Å². The van der Waals surface area contributed by atoms with E-state index in [1.54, 1.807) is 0 Å². The second kappa shape index (κ2) is 6.24. The monoisotopic (exact) mass is 226 g/mol. The minimum atomic E-state index is 0.00227. The lowest BCUT2D eigenvalue weighted by molar-refractivity contribution is -0.132. The lowest BCUT2D eigenvalue weighted by atomic mass is 10.1. The van der Waals surface area contributed by atoms with Crippen LogP contribution in [0.3, 0.4) is 0 Å². The lowest BCUT2D eigenvalue weighted by Gasteiger charge is -2.32. The van der Waals surface area contributed by atoms with Crippen molar-refractivity contribution in [3.05, 3.63) is 0 Å². The summed E-state index contributed by atoms with van der Waals surface area (Å²) in [7, 11) is 0. The lowest BCUT2D eigenvalue weighted by Crippen LogP contribution is -2.44. The van der Waals surface area contributed by atoms with Crippen LogP contribution in [0.2, 0.25) is 0 Å². The summed E-state index contributed by atoms with van der Waals surface area (Å²) < 4.78 is 0. The molecular formula is C13H26N2O. The van der Waals surface area contributed by atoms with Gasteiger partial charge in [0.25, 0.3) is 0 Å². The summed E-state index contributed by atoms with van der Waals surface area (Å²) >= 11 is 0. The molecule has 94 valence electrons. The molecule has 3 atom stereocenters. The van der Waals surface area contributed by atoms with Crippen LogP contribution >= 0.6 is 0 Å². The fraction of sp³-hybridized carbons (Fsp3) is 0.923. The molecular weight excluding hydrogens is 200 g/mol. The van der Waals surface area contributed by atoms with Crippen LogP contribution < -0.4 is 5.32 Å². The third-order valence-electron chi connectivity index (χ3n) is 3.45. The number of nitrogens with zero attached hydrogens (tertiary/aromatic N) is 1. The Morgan fingerprint density at radius 2 is 2.00 bits per heavy atom. The van der Waals surface area contributed by atoms with E-state index in [1.807, 2.05) is 6.92 Å². The van der Waals surface area contributed by atoms with Crippen molar-refractivity contribution in [1.29, 1.82) is 0 Å². The van der Waals surface area contributed by atoms with Gasteiger partial charge in [-0.15, -0.1) is 0 Å². The van der Waals surface area contributed by atoms with E-state index in [0.717, 1.165) is 32.1 Å². The van der Waals surface area contributed by atoms with Crippen LogP contribution in [0.4, 0.5) is 0 Å². The molecule has 0 saturated carbocycles. The summed E-state index contributed by atoms with van der Waals surface area (Å²) in [6.45, 7) is 8.52. The fourth-order valence-corrected chi connectivity index (χ4v) is 2.62. The molecule has 16 heavy (non-hydrogen) atoms. The van der Waals surface area contributed by atoms with Gasteiger partial charge in [-0.1, -0.05) is 33.6 Å². The Morgan fingerprint density at radius 1 is 1.31 bits per heavy atom. The molecule has 0 aliphatic carbocycles. The molecule has 1 aliphatic rings. The number of hydrogen-bond acceptors (Lipinski definition) is 2. The van der Waals surface area contributed by atoms with E-state index in [1.165, 1.54) is 0 Å². The minimum absolute atomic E-state index is 0.00227. The second-order valence-electron chi connectivity index (χ2n) is 4.79. The van der Waals surface area contributed by atoms with Crippen molar-refractivity contribution < 1.29 is 4.79 Å². The van der Waals surface area contributed by atoms with E-state index < -0.39 is 0 Å². The summed E-state index contributed by atoms with van der Waals surface area (Å²) in [5.74, 6) is 0.291. The predicted octanol–water partition coefficient (Wildman–Crippen LogP) is 2.51. The van der Waals surface area contributed by atoms with Crippen LogP contribution in [-0.2, 0) is 4.79 Å². The van der Waals surface area contributed by atoms with Crippen molar-refractivity contribution >= 4 is 5.91 Å². The molecule has 0 spiro atoms. The third-order valence-corrected chi connectivity index (χ3v) is 3.45. The summed E-state index contributed by atoms with van der Waals surface area (Å²) in [5.41, 5.74) is 0. The van der Waals surface area contributed by atoms with E-state index >= 15 is 0 Å². The summed E-state index contributed by atoms with van der Waals surface area (Å²) in [5, 5.41) is 3.40. The number of carbonyl (C=O) groups excluding carboxylic acids is 1. The van der Waals surface area contributed by atoms with Gasteiger partial charge in [-0.3, -0.25) is 10.1 Å². The van der Waals surface area contributed by atoms with Crippen LogP contribution in [0.15, 0.2) is 0 Å². The van der Waals surface area contributed by atoms with E-state index in [9.17, 15) is 4.79 Å². The molecule has 1 amide bonds. The van der Waals surface area contributed by atoms with Gasteiger partial charge in [-0.25, -0.2) is 0 Å². The zero-order valence-electron chi connectivity index (χ0n) is 11.1. The average Bonchev–Trinajstić information content (AvgIpc) is 2.53. The molecule has 3 heteroatoms. The molecule has 1 N–H and O–H groups in total. The first-order valence-electron chi connectivity index (χ1n) is 6.73. The predicted molar refractivity (Wildman–Crippen MR) is 67.1 cm³/mol. The molecule has 1 rings (SSSR count). The number of nitrogens with one attached hydrogen (secondary N) is 1. The normalized spacial score (nSPS) is 27.5. The van der Waals surface area contributed by atoms with Crippen LogP contribution in [0.25, 0.3) is 0 Å². The number of amides is 1. The van der Waals surface area contributed by atoms with Gasteiger partial charge in [0.1, 0.15) is 0 Å². The number of rotatable bonds is 6. The Bertz CT molecular complexity index is 222. The molecule has 1 heterocycles. The molecule has 0 aromatic rings. The number of hydrogen-bond donors (Lipinski definition) is 1. The first kappa shape index (κ1) is 13.5. The molecule has 1 fully saturated rings. The van der Waals surface area contributed by atoms with Gasteiger partial charge in [0, 0.05) is 6.04 Å². The topological polar surface area (TPSA) is 32.3 Å². The summed E-state index contributed by atoms with van der Waals surface area (Å²) in [6, 6.07) is 0.425. The molecule has 0 bridgehead atoms. The Kier molecular flexibility index (Phi) is 5.26. The van der Waals surface area contributed by atoms with Gasteiger partial charge in [0.15, 0.2) is 0 Å². The first-order chi connectivity index (χ1) is 7.65. The highest BCUT2D eigenvalue weighted by atomic mass is 16.2. The molecule has 3 unspecified atom stereocenters. The Hall–Kier alpha value is -0.570. The molecule has 0 aromatic carbocycles. The van der Waals surface area contributed by atoms with Gasteiger partial charge < -0.3 is 4.90 Å². The highest BCUT2D eigenvalue weighted by Gasteiger charge is 2.38. The highest BCUT2D eigenvalue weighted by molar-refractivity contribution is 5.84. The Labute approximate surface area is 99.6 Å². The van der Waals surface area contributed by atoms with Crippen molar-refractivity contribution in [2.75, 3.05) is 0 Å². The standard InChI is InChI=1S/C13H26N2O/c1-5-8-11(7-3)15-12(9-6-2)14-10(4)13(15)16/h10-12,14H,5-9H2,1-4H3. The van der Waals surface area contributed by atoms with E-state index in [2.05, 4.69) is 31.0 Å². The SMILES string of the molecule is CCCC(CC)N1C(=O)C(C)NC1CCC. The average molecular weight is 226 g/mol. The minimum Gasteiger partial charge on any atom is -0.323 e. The van der Waals surface area contributed by atoms with Gasteiger partial charge in [0.05, 0.1) is 12.2 Å². The first-order valence-corrected chi connectivity index (χ1v) is 6.73. The van der Waals surface area contributed by atoms with Crippen LogP contribution in [-0.4, -0.2) is 29.1 Å². The molecule has 1 aliphatic heterocycles. The van der Waals surface area contributed by atoms with Crippen LogP contribution in [0.1, 0.15) is 59.8 Å². The Morgan fingerprint density at radius 3 is 2.50 bits per heavy atom. The summed E-state index contributed by atoms with van der Waals surface area (Å²) in [6.07, 6.45) is 5.79. The molecule has 1 saturated heterocycles. The number of carbonyl (C=O) groups is 1. The second-order valence-corrected chi connectivity index (χ2v) is 4.79. The van der Waals surface area contributed by atoms with Crippen molar-refractivity contribution in [3.63, 3.8) is 0 Å². The maximum atomic E-state index is 12.1. The maximum Gasteiger partial charge on any atom is 0.240 e. The molecule has 0 aromatic heterocycles. The smallest absolute Gasteiger partial charge is 0.240 e. The van der Waals surface area contributed by atoms with E-state index in [4.69, 9.17) is 0 Å². The van der Waals surface area contributed by atoms with Crippen molar-refractivity contribution in [1.82, 2.24) is 10.2 Å². The highest BCUT2D eigenvalue weighted by Crippen LogP contribution is 2.22. The fourth-order valence-electron chi connectivity index (χ4n) is 2.62. The van der Waals surface area contributed by atoms with Crippen molar-refractivity contribution in [2.24, 2.45) is 0 Å². The van der Waals surface area contributed by atoms with Crippen LogP contribution in [0.5, 0.6) is 0 Å². The van der Waals surface area contributed by atoms with Crippen LogP contribution in [0, 0.1) is 0 Å².